The summed E-state index contributed by atoms with van der Waals surface area (Å²) in [5.74, 6) is 0.0481. The van der Waals surface area contributed by atoms with E-state index in [1.54, 1.807) is 12.3 Å². The van der Waals surface area contributed by atoms with Gasteiger partial charge >= 0.3 is 0 Å². The number of halogens is 2. The molecule has 1 aromatic carbocycles. The van der Waals surface area contributed by atoms with E-state index in [4.69, 9.17) is 11.6 Å². The first-order valence-electron chi connectivity index (χ1n) is 5.49. The van der Waals surface area contributed by atoms with Crippen molar-refractivity contribution < 1.29 is 4.39 Å². The van der Waals surface area contributed by atoms with E-state index in [0.29, 0.717) is 16.7 Å². The Bertz CT molecular complexity index is 582. The Hall–Kier alpha value is -1.72. The fourth-order valence-corrected chi connectivity index (χ4v) is 2.10. The van der Waals surface area contributed by atoms with Gasteiger partial charge in [-0.05, 0) is 18.2 Å². The van der Waals surface area contributed by atoms with Crippen LogP contribution in [-0.2, 0) is 13.1 Å². The standard InChI is InChI=1S/C12H10ClFN4/c13-8-1-9(14)3-10(2-8)17-12-16-5-7-4-15-6-11(7)18-12/h1-3,5,15H,4,6H2,(H,16,17,18). The van der Waals surface area contributed by atoms with Gasteiger partial charge in [-0.1, -0.05) is 11.6 Å². The molecule has 0 atom stereocenters. The maximum atomic E-state index is 13.2. The minimum absolute atomic E-state index is 0.334. The van der Waals surface area contributed by atoms with Crippen molar-refractivity contribution in [3.05, 3.63) is 46.5 Å². The molecule has 1 aliphatic rings. The van der Waals surface area contributed by atoms with Crippen molar-refractivity contribution in [2.45, 2.75) is 13.1 Å². The number of rotatable bonds is 2. The molecule has 0 saturated heterocycles. The van der Waals surface area contributed by atoms with Gasteiger partial charge in [-0.3, -0.25) is 0 Å². The van der Waals surface area contributed by atoms with Crippen LogP contribution in [0, 0.1) is 5.82 Å². The Morgan fingerprint density at radius 1 is 1.28 bits per heavy atom. The van der Waals surface area contributed by atoms with Crippen LogP contribution < -0.4 is 10.6 Å². The maximum Gasteiger partial charge on any atom is 0.227 e. The first-order chi connectivity index (χ1) is 8.70. The van der Waals surface area contributed by atoms with E-state index in [-0.39, 0.29) is 0 Å². The second kappa shape index (κ2) is 4.51. The molecule has 2 heterocycles. The predicted octanol–water partition coefficient (Wildman–Crippen LogP) is 2.62. The van der Waals surface area contributed by atoms with Crippen LogP contribution in [-0.4, -0.2) is 9.97 Å². The number of hydrogen-bond donors (Lipinski definition) is 2. The summed E-state index contributed by atoms with van der Waals surface area (Å²) >= 11 is 5.78. The molecule has 0 amide bonds. The normalized spacial score (nSPS) is 13.4. The number of fused-ring (bicyclic) bond motifs is 1. The van der Waals surface area contributed by atoms with E-state index >= 15 is 0 Å². The van der Waals surface area contributed by atoms with Crippen LogP contribution in [0.15, 0.2) is 24.4 Å². The van der Waals surface area contributed by atoms with Gasteiger partial charge in [0.05, 0.1) is 5.69 Å². The fourth-order valence-electron chi connectivity index (χ4n) is 1.87. The van der Waals surface area contributed by atoms with E-state index in [2.05, 4.69) is 20.6 Å². The van der Waals surface area contributed by atoms with Crippen molar-refractivity contribution in [1.82, 2.24) is 15.3 Å². The monoisotopic (exact) mass is 264 g/mol. The molecule has 0 bridgehead atoms. The van der Waals surface area contributed by atoms with Crippen molar-refractivity contribution >= 4 is 23.2 Å². The number of anilines is 2. The Labute approximate surface area is 108 Å². The number of benzene rings is 1. The largest absolute Gasteiger partial charge is 0.324 e. The highest BCUT2D eigenvalue weighted by Crippen LogP contribution is 2.21. The lowest BCUT2D eigenvalue weighted by atomic mass is 10.3. The molecule has 18 heavy (non-hydrogen) atoms. The summed E-state index contributed by atoms with van der Waals surface area (Å²) in [5, 5.41) is 6.46. The van der Waals surface area contributed by atoms with Crippen molar-refractivity contribution in [3.8, 4) is 0 Å². The first-order valence-corrected chi connectivity index (χ1v) is 5.87. The van der Waals surface area contributed by atoms with Crippen LogP contribution in [0.1, 0.15) is 11.3 Å². The second-order valence-electron chi connectivity index (χ2n) is 4.05. The van der Waals surface area contributed by atoms with Crippen LogP contribution in [0.5, 0.6) is 0 Å². The third kappa shape index (κ3) is 2.27. The Kier molecular flexibility index (Phi) is 2.85. The highest BCUT2D eigenvalue weighted by molar-refractivity contribution is 6.30. The van der Waals surface area contributed by atoms with Crippen molar-refractivity contribution in [3.63, 3.8) is 0 Å². The van der Waals surface area contributed by atoms with Gasteiger partial charge in [0.1, 0.15) is 5.82 Å². The molecule has 0 fully saturated rings. The molecule has 0 unspecified atom stereocenters. The number of hydrogen-bond acceptors (Lipinski definition) is 4. The number of nitrogens with zero attached hydrogens (tertiary/aromatic N) is 2. The van der Waals surface area contributed by atoms with E-state index < -0.39 is 5.82 Å². The van der Waals surface area contributed by atoms with Gasteiger partial charge in [0.25, 0.3) is 0 Å². The lowest BCUT2D eigenvalue weighted by molar-refractivity contribution is 0.628. The molecule has 3 rings (SSSR count). The minimum Gasteiger partial charge on any atom is -0.324 e. The van der Waals surface area contributed by atoms with Crippen LogP contribution >= 0.6 is 11.6 Å². The highest BCUT2D eigenvalue weighted by Gasteiger charge is 2.12. The molecule has 0 radical (unpaired) electrons. The van der Waals surface area contributed by atoms with Gasteiger partial charge in [0, 0.05) is 35.6 Å². The van der Waals surface area contributed by atoms with Gasteiger partial charge < -0.3 is 10.6 Å². The molecular weight excluding hydrogens is 255 g/mol. The van der Waals surface area contributed by atoms with Crippen molar-refractivity contribution in [2.75, 3.05) is 5.32 Å². The molecule has 0 spiro atoms. The SMILES string of the molecule is Fc1cc(Cl)cc(Nc2ncc3c(n2)CNC3)c1. The topological polar surface area (TPSA) is 49.8 Å². The summed E-state index contributed by atoms with van der Waals surface area (Å²) in [4.78, 5) is 8.53. The minimum atomic E-state index is -0.396. The first kappa shape index (κ1) is 11.4. The van der Waals surface area contributed by atoms with Gasteiger partial charge in [-0.15, -0.1) is 0 Å². The van der Waals surface area contributed by atoms with E-state index in [9.17, 15) is 4.39 Å². The second-order valence-corrected chi connectivity index (χ2v) is 4.49. The number of nitrogens with one attached hydrogen (secondary N) is 2. The van der Waals surface area contributed by atoms with Crippen molar-refractivity contribution in [1.29, 1.82) is 0 Å². The third-order valence-corrected chi connectivity index (χ3v) is 2.90. The molecule has 2 N–H and O–H groups in total. The molecule has 1 aromatic heterocycles. The summed E-state index contributed by atoms with van der Waals surface area (Å²) in [6, 6.07) is 4.22. The maximum absolute atomic E-state index is 13.2. The van der Waals surface area contributed by atoms with E-state index in [0.717, 1.165) is 24.3 Å². The van der Waals surface area contributed by atoms with Gasteiger partial charge in [0.15, 0.2) is 0 Å². The summed E-state index contributed by atoms with van der Waals surface area (Å²) in [5.41, 5.74) is 2.60. The zero-order chi connectivity index (χ0) is 12.5. The van der Waals surface area contributed by atoms with Gasteiger partial charge in [-0.2, -0.15) is 0 Å². The van der Waals surface area contributed by atoms with Crippen LogP contribution in [0.3, 0.4) is 0 Å². The summed E-state index contributed by atoms with van der Waals surface area (Å²) in [7, 11) is 0. The molecule has 4 nitrogen and oxygen atoms in total. The Morgan fingerprint density at radius 3 is 3.00 bits per heavy atom. The van der Waals surface area contributed by atoms with Crippen molar-refractivity contribution in [2.24, 2.45) is 0 Å². The Morgan fingerprint density at radius 2 is 2.17 bits per heavy atom. The van der Waals surface area contributed by atoms with E-state index in [1.807, 2.05) is 0 Å². The molecule has 92 valence electrons. The lowest BCUT2D eigenvalue weighted by Gasteiger charge is -2.06. The zero-order valence-corrected chi connectivity index (χ0v) is 10.1. The molecule has 6 heteroatoms. The Balaban J connectivity index is 1.88. The number of aromatic nitrogens is 2. The summed E-state index contributed by atoms with van der Waals surface area (Å²) < 4.78 is 13.2. The molecule has 2 aromatic rings. The van der Waals surface area contributed by atoms with Crippen LogP contribution in [0.4, 0.5) is 16.0 Å². The average Bonchev–Trinajstić information content (AvgIpc) is 2.74. The van der Waals surface area contributed by atoms with Crippen LogP contribution in [0.25, 0.3) is 0 Å². The molecular formula is C12H10ClFN4. The lowest BCUT2D eigenvalue weighted by Crippen LogP contribution is -2.01. The quantitative estimate of drug-likeness (QED) is 0.875. The zero-order valence-electron chi connectivity index (χ0n) is 9.37. The van der Waals surface area contributed by atoms with Gasteiger partial charge in [0.2, 0.25) is 5.95 Å². The van der Waals surface area contributed by atoms with Crippen LogP contribution in [0.2, 0.25) is 5.02 Å². The predicted molar refractivity (Wildman–Crippen MR) is 67.3 cm³/mol. The molecule has 1 aliphatic heterocycles. The van der Waals surface area contributed by atoms with Gasteiger partial charge in [-0.25, -0.2) is 14.4 Å². The fraction of sp³-hybridized carbons (Fsp3) is 0.167. The summed E-state index contributed by atoms with van der Waals surface area (Å²) in [6.45, 7) is 1.53. The molecule has 0 aliphatic carbocycles. The molecule has 0 saturated carbocycles. The van der Waals surface area contributed by atoms with E-state index in [1.165, 1.54) is 12.1 Å². The third-order valence-electron chi connectivity index (χ3n) is 2.68. The summed E-state index contributed by atoms with van der Waals surface area (Å²) in [6.07, 6.45) is 1.77. The average molecular weight is 265 g/mol. The highest BCUT2D eigenvalue weighted by atomic mass is 35.5. The smallest absolute Gasteiger partial charge is 0.227 e.